The second-order valence-corrected chi connectivity index (χ2v) is 6.13. The summed E-state index contributed by atoms with van der Waals surface area (Å²) in [5, 5.41) is 12.7. The highest BCUT2D eigenvalue weighted by Gasteiger charge is 2.16. The van der Waals surface area contributed by atoms with E-state index in [1.807, 2.05) is 0 Å². The summed E-state index contributed by atoms with van der Waals surface area (Å²) in [5.74, 6) is -1.22. The van der Waals surface area contributed by atoms with Gasteiger partial charge in [0.1, 0.15) is 17.0 Å². The van der Waals surface area contributed by atoms with Gasteiger partial charge >= 0.3 is 0 Å². The van der Waals surface area contributed by atoms with Crippen molar-refractivity contribution in [2.24, 2.45) is 14.1 Å². The molecule has 0 aliphatic carbocycles. The molecule has 0 spiro atoms. The molecule has 0 fully saturated rings. The van der Waals surface area contributed by atoms with Crippen LogP contribution in [0, 0.1) is 6.92 Å². The number of ketones is 1. The van der Waals surface area contributed by atoms with Crippen molar-refractivity contribution < 1.29 is 19.4 Å². The molecule has 0 bridgehead atoms. The number of amides is 1. The summed E-state index contributed by atoms with van der Waals surface area (Å²) in [5.41, 5.74) is 0.741. The van der Waals surface area contributed by atoms with Crippen molar-refractivity contribution in [2.75, 3.05) is 20.3 Å². The Bertz CT molecular complexity index is 953. The van der Waals surface area contributed by atoms with E-state index in [-0.39, 0.29) is 17.2 Å². The molecule has 144 valence electrons. The number of methoxy groups -OCH3 is 1. The van der Waals surface area contributed by atoms with Crippen LogP contribution in [0.3, 0.4) is 0 Å². The first kappa shape index (κ1) is 20.2. The van der Waals surface area contributed by atoms with Gasteiger partial charge in [-0.3, -0.25) is 14.4 Å². The first-order valence-corrected chi connectivity index (χ1v) is 8.31. The zero-order chi connectivity index (χ0) is 20.1. The quantitative estimate of drug-likeness (QED) is 0.428. The number of aryl methyl sites for hydroxylation is 2. The zero-order valence-electron chi connectivity index (χ0n) is 15.8. The minimum Gasteiger partial charge on any atom is -0.507 e. The second kappa shape index (κ2) is 8.50. The van der Waals surface area contributed by atoms with E-state index in [9.17, 15) is 19.5 Å². The van der Waals surface area contributed by atoms with Crippen LogP contribution in [0.1, 0.15) is 32.1 Å². The fourth-order valence-corrected chi connectivity index (χ4v) is 2.56. The number of rotatable bonds is 7. The van der Waals surface area contributed by atoms with Gasteiger partial charge in [-0.15, -0.1) is 0 Å². The topological polar surface area (TPSA) is 103 Å². The van der Waals surface area contributed by atoms with Crippen LogP contribution in [-0.2, 0) is 18.8 Å². The predicted molar refractivity (Wildman–Crippen MR) is 101 cm³/mol. The van der Waals surface area contributed by atoms with E-state index in [2.05, 4.69) is 5.32 Å². The molecule has 0 saturated heterocycles. The predicted octanol–water partition coefficient (Wildman–Crippen LogP) is 1.01. The molecule has 2 aromatic heterocycles. The second-order valence-electron chi connectivity index (χ2n) is 6.13. The SMILES string of the molecule is COCCNC(=O)c1cc(/C=C/C(=O)c2c(O)cc(C)n(C)c2=O)cn1C. The van der Waals surface area contributed by atoms with Gasteiger partial charge in [0, 0.05) is 45.7 Å². The summed E-state index contributed by atoms with van der Waals surface area (Å²) in [4.78, 5) is 36.7. The third-order valence-electron chi connectivity index (χ3n) is 4.17. The number of ether oxygens (including phenoxy) is 1. The Morgan fingerprint density at radius 1 is 1.30 bits per heavy atom. The van der Waals surface area contributed by atoms with Crippen molar-refractivity contribution in [3.05, 3.63) is 57.3 Å². The van der Waals surface area contributed by atoms with Crippen molar-refractivity contribution in [3.8, 4) is 5.75 Å². The summed E-state index contributed by atoms with van der Waals surface area (Å²) >= 11 is 0. The van der Waals surface area contributed by atoms with Gasteiger partial charge in [-0.05, 0) is 30.7 Å². The first-order valence-electron chi connectivity index (χ1n) is 8.31. The Kier molecular flexibility index (Phi) is 6.36. The van der Waals surface area contributed by atoms with E-state index >= 15 is 0 Å². The highest BCUT2D eigenvalue weighted by molar-refractivity contribution is 6.08. The molecular formula is C19H23N3O5. The van der Waals surface area contributed by atoms with E-state index in [1.165, 1.54) is 29.8 Å². The highest BCUT2D eigenvalue weighted by Crippen LogP contribution is 2.16. The number of nitrogens with one attached hydrogen (secondary N) is 1. The molecule has 27 heavy (non-hydrogen) atoms. The molecule has 1 amide bonds. The number of pyridine rings is 1. The maximum Gasteiger partial charge on any atom is 0.267 e. The van der Waals surface area contributed by atoms with Crippen molar-refractivity contribution in [2.45, 2.75) is 6.92 Å². The van der Waals surface area contributed by atoms with E-state index in [4.69, 9.17) is 4.74 Å². The molecule has 2 aromatic rings. The van der Waals surface area contributed by atoms with Gasteiger partial charge < -0.3 is 24.3 Å². The van der Waals surface area contributed by atoms with Crippen LogP contribution in [0.15, 0.2) is 29.2 Å². The van der Waals surface area contributed by atoms with Crippen LogP contribution >= 0.6 is 0 Å². The van der Waals surface area contributed by atoms with E-state index < -0.39 is 11.3 Å². The van der Waals surface area contributed by atoms with Gasteiger partial charge in [0.05, 0.1) is 6.61 Å². The van der Waals surface area contributed by atoms with Crippen LogP contribution in [0.4, 0.5) is 0 Å². The monoisotopic (exact) mass is 373 g/mol. The molecule has 2 heterocycles. The van der Waals surface area contributed by atoms with Gasteiger partial charge in [-0.2, -0.15) is 0 Å². The summed E-state index contributed by atoms with van der Waals surface area (Å²) < 4.78 is 7.82. The third-order valence-corrected chi connectivity index (χ3v) is 4.17. The Labute approximate surface area is 156 Å². The standard InChI is InChI=1S/C19H23N3O5/c1-12-9-16(24)17(19(26)22(12)3)15(23)6-5-13-10-14(21(2)11-13)18(25)20-7-8-27-4/h5-6,9-11,24H,7-8H2,1-4H3,(H,20,25)/b6-5+. The number of hydrogen-bond acceptors (Lipinski definition) is 5. The molecule has 8 nitrogen and oxygen atoms in total. The lowest BCUT2D eigenvalue weighted by Crippen LogP contribution is -2.28. The maximum atomic E-state index is 12.4. The smallest absolute Gasteiger partial charge is 0.267 e. The van der Waals surface area contributed by atoms with Crippen molar-refractivity contribution >= 4 is 17.8 Å². The number of allylic oxidation sites excluding steroid dienone is 1. The molecule has 2 N–H and O–H groups in total. The van der Waals surface area contributed by atoms with Gasteiger partial charge in [0.2, 0.25) is 0 Å². The van der Waals surface area contributed by atoms with Gasteiger partial charge in [0.15, 0.2) is 5.78 Å². The Morgan fingerprint density at radius 2 is 2.00 bits per heavy atom. The summed E-state index contributed by atoms with van der Waals surface area (Å²) in [6, 6.07) is 2.99. The van der Waals surface area contributed by atoms with Crippen LogP contribution in [0.2, 0.25) is 0 Å². The van der Waals surface area contributed by atoms with Gasteiger partial charge in [0.25, 0.3) is 11.5 Å². The number of aromatic hydroxyl groups is 1. The molecule has 0 radical (unpaired) electrons. The van der Waals surface area contributed by atoms with Crippen LogP contribution in [0.25, 0.3) is 6.08 Å². The highest BCUT2D eigenvalue weighted by atomic mass is 16.5. The lowest BCUT2D eigenvalue weighted by molar-refractivity contribution is 0.0928. The maximum absolute atomic E-state index is 12.4. The molecule has 8 heteroatoms. The summed E-state index contributed by atoms with van der Waals surface area (Å²) in [7, 11) is 4.79. The zero-order valence-corrected chi connectivity index (χ0v) is 15.8. The minimum absolute atomic E-state index is 0.259. The van der Waals surface area contributed by atoms with Crippen molar-refractivity contribution in [1.29, 1.82) is 0 Å². The van der Waals surface area contributed by atoms with Gasteiger partial charge in [-0.1, -0.05) is 0 Å². The summed E-state index contributed by atoms with van der Waals surface area (Å²) in [6.45, 7) is 2.46. The summed E-state index contributed by atoms with van der Waals surface area (Å²) in [6.07, 6.45) is 4.38. The van der Waals surface area contributed by atoms with E-state index in [1.54, 1.807) is 37.9 Å². The van der Waals surface area contributed by atoms with Crippen LogP contribution < -0.4 is 10.9 Å². The molecule has 0 aliphatic rings. The molecule has 0 aliphatic heterocycles. The van der Waals surface area contributed by atoms with Crippen molar-refractivity contribution in [1.82, 2.24) is 14.5 Å². The molecular weight excluding hydrogens is 350 g/mol. The number of hydrogen-bond donors (Lipinski definition) is 2. The molecule has 0 atom stereocenters. The Hall–Kier alpha value is -3.13. The van der Waals surface area contributed by atoms with Crippen LogP contribution in [0.5, 0.6) is 5.75 Å². The normalized spacial score (nSPS) is 11.1. The molecule has 0 saturated carbocycles. The Balaban J connectivity index is 2.21. The lowest BCUT2D eigenvalue weighted by atomic mass is 10.1. The molecule has 0 unspecified atom stereocenters. The fourth-order valence-electron chi connectivity index (χ4n) is 2.56. The molecule has 2 rings (SSSR count). The van der Waals surface area contributed by atoms with E-state index in [0.717, 1.165) is 0 Å². The van der Waals surface area contributed by atoms with Gasteiger partial charge in [-0.25, -0.2) is 0 Å². The van der Waals surface area contributed by atoms with Crippen LogP contribution in [-0.4, -0.2) is 46.2 Å². The first-order chi connectivity index (χ1) is 12.8. The van der Waals surface area contributed by atoms with Crippen molar-refractivity contribution in [3.63, 3.8) is 0 Å². The Morgan fingerprint density at radius 3 is 2.67 bits per heavy atom. The number of nitrogens with zero attached hydrogens (tertiary/aromatic N) is 2. The lowest BCUT2D eigenvalue weighted by Gasteiger charge is -2.07. The largest absolute Gasteiger partial charge is 0.507 e. The number of aromatic nitrogens is 2. The molecule has 0 aromatic carbocycles. The number of carbonyl (C=O) groups is 2. The average Bonchev–Trinajstić information content (AvgIpc) is 2.99. The third kappa shape index (κ3) is 4.53. The fraction of sp³-hybridized carbons (Fsp3) is 0.316. The average molecular weight is 373 g/mol. The number of carbonyl (C=O) groups excluding carboxylic acids is 2. The minimum atomic E-state index is -0.608. The van der Waals surface area contributed by atoms with E-state index in [0.29, 0.717) is 30.1 Å².